The molecule has 0 aliphatic heterocycles. The summed E-state index contributed by atoms with van der Waals surface area (Å²) in [6.45, 7) is 5.91. The van der Waals surface area contributed by atoms with Gasteiger partial charge in [-0.25, -0.2) is 4.79 Å². The van der Waals surface area contributed by atoms with Crippen molar-refractivity contribution in [1.82, 2.24) is 15.1 Å². The van der Waals surface area contributed by atoms with E-state index in [9.17, 15) is 9.59 Å². The molecule has 39 heavy (non-hydrogen) atoms. The van der Waals surface area contributed by atoms with Crippen LogP contribution < -0.4 is 24.8 Å². The van der Waals surface area contributed by atoms with Crippen LogP contribution in [0.25, 0.3) is 28.1 Å². The zero-order valence-corrected chi connectivity index (χ0v) is 22.7. The van der Waals surface area contributed by atoms with Gasteiger partial charge in [-0.15, -0.1) is 0 Å². The third-order valence-corrected chi connectivity index (χ3v) is 5.95. The minimum atomic E-state index is -0.477. The molecule has 0 unspecified atom stereocenters. The Labute approximate surface area is 227 Å². The SMILES string of the molecule is CCCNC(=O)Nc1ccc(-c2c(-c3ccc(OC)c(OC)c3)nn(-c3cccc(C)c3)c2OC(C)=O)cc1. The van der Waals surface area contributed by atoms with Gasteiger partial charge in [0.15, 0.2) is 11.5 Å². The van der Waals surface area contributed by atoms with Gasteiger partial charge in [0.1, 0.15) is 5.69 Å². The summed E-state index contributed by atoms with van der Waals surface area (Å²) < 4.78 is 18.4. The Morgan fingerprint density at radius 2 is 1.64 bits per heavy atom. The van der Waals surface area contributed by atoms with E-state index in [1.807, 2.05) is 62.4 Å². The zero-order chi connectivity index (χ0) is 27.9. The molecule has 0 radical (unpaired) electrons. The Morgan fingerprint density at radius 1 is 0.923 bits per heavy atom. The first-order chi connectivity index (χ1) is 18.8. The lowest BCUT2D eigenvalue weighted by molar-refractivity contribution is -0.132. The van der Waals surface area contributed by atoms with Crippen LogP contribution in [0.3, 0.4) is 0 Å². The number of amides is 2. The largest absolute Gasteiger partial charge is 0.493 e. The quantitative estimate of drug-likeness (QED) is 0.259. The standard InChI is InChI=1S/C30H32N4O5/c1-6-16-31-30(36)32-23-13-10-21(11-14-23)27-28(22-12-15-25(37-4)26(18-22)38-5)33-34(29(27)39-20(3)35)24-9-7-8-19(2)17-24/h7-15,17-18H,6,16H2,1-5H3,(H2,31,32,36). The molecule has 1 aromatic heterocycles. The molecule has 0 saturated carbocycles. The average molecular weight is 529 g/mol. The molecule has 0 aliphatic rings. The number of aromatic nitrogens is 2. The minimum absolute atomic E-state index is 0.275. The molecule has 0 fully saturated rings. The fraction of sp³-hybridized carbons (Fsp3) is 0.233. The molecular formula is C30H32N4O5. The molecular weight excluding hydrogens is 496 g/mol. The fourth-order valence-electron chi connectivity index (χ4n) is 4.15. The van der Waals surface area contributed by atoms with E-state index in [4.69, 9.17) is 19.3 Å². The van der Waals surface area contributed by atoms with Crippen LogP contribution in [-0.4, -0.2) is 42.5 Å². The number of carbonyl (C=O) groups is 2. The number of methoxy groups -OCH3 is 2. The maximum Gasteiger partial charge on any atom is 0.319 e. The molecule has 4 aromatic rings. The number of hydrogen-bond donors (Lipinski definition) is 2. The second-order valence-electron chi connectivity index (χ2n) is 8.90. The van der Waals surface area contributed by atoms with Crippen LogP contribution in [-0.2, 0) is 4.79 Å². The predicted octanol–water partition coefficient (Wildman–Crippen LogP) is 5.99. The molecule has 0 atom stereocenters. The molecule has 9 nitrogen and oxygen atoms in total. The summed E-state index contributed by atoms with van der Waals surface area (Å²) in [6.07, 6.45) is 0.842. The van der Waals surface area contributed by atoms with Crippen LogP contribution in [0.2, 0.25) is 0 Å². The summed E-state index contributed by atoms with van der Waals surface area (Å²) >= 11 is 0. The Morgan fingerprint density at radius 3 is 2.28 bits per heavy atom. The molecule has 1 heterocycles. The van der Waals surface area contributed by atoms with Gasteiger partial charge >= 0.3 is 12.0 Å². The second-order valence-corrected chi connectivity index (χ2v) is 8.90. The maximum absolute atomic E-state index is 12.3. The van der Waals surface area contributed by atoms with Crippen LogP contribution >= 0.6 is 0 Å². The Kier molecular flexibility index (Phi) is 8.50. The van der Waals surface area contributed by atoms with Gasteiger partial charge in [-0.3, -0.25) is 4.79 Å². The summed E-state index contributed by atoms with van der Waals surface area (Å²) in [5, 5.41) is 10.5. The van der Waals surface area contributed by atoms with E-state index in [1.165, 1.54) is 6.92 Å². The summed E-state index contributed by atoms with van der Waals surface area (Å²) in [6, 6.07) is 20.3. The zero-order valence-electron chi connectivity index (χ0n) is 22.7. The van der Waals surface area contributed by atoms with Crippen LogP contribution in [0.4, 0.5) is 10.5 Å². The number of nitrogens with zero attached hydrogens (tertiary/aromatic N) is 2. The number of carbonyl (C=O) groups excluding carboxylic acids is 2. The highest BCUT2D eigenvalue weighted by Gasteiger charge is 2.25. The number of rotatable bonds is 9. The Hall–Kier alpha value is -4.79. The van der Waals surface area contributed by atoms with Gasteiger partial charge in [-0.1, -0.05) is 31.2 Å². The van der Waals surface area contributed by atoms with E-state index in [1.54, 1.807) is 37.1 Å². The first-order valence-corrected chi connectivity index (χ1v) is 12.6. The van der Waals surface area contributed by atoms with Crippen molar-refractivity contribution in [2.24, 2.45) is 0 Å². The molecule has 2 N–H and O–H groups in total. The molecule has 9 heteroatoms. The number of anilines is 1. The van der Waals surface area contributed by atoms with Gasteiger partial charge in [0.25, 0.3) is 0 Å². The summed E-state index contributed by atoms with van der Waals surface area (Å²) in [5.41, 5.74) is 5.07. The lowest BCUT2D eigenvalue weighted by Crippen LogP contribution is -2.29. The Bertz CT molecular complexity index is 1480. The van der Waals surface area contributed by atoms with Gasteiger partial charge in [0.05, 0.1) is 25.5 Å². The van der Waals surface area contributed by atoms with Gasteiger partial charge in [-0.2, -0.15) is 9.78 Å². The highest BCUT2D eigenvalue weighted by molar-refractivity contribution is 5.91. The van der Waals surface area contributed by atoms with Crippen molar-refractivity contribution in [1.29, 1.82) is 0 Å². The smallest absolute Gasteiger partial charge is 0.319 e. The predicted molar refractivity (Wildman–Crippen MR) is 151 cm³/mol. The number of hydrogen-bond acceptors (Lipinski definition) is 6. The fourth-order valence-corrected chi connectivity index (χ4v) is 4.15. The van der Waals surface area contributed by atoms with Gasteiger partial charge in [0, 0.05) is 24.7 Å². The molecule has 0 spiro atoms. The van der Waals surface area contributed by atoms with Gasteiger partial charge in [0.2, 0.25) is 5.88 Å². The summed E-state index contributed by atoms with van der Waals surface area (Å²) in [5.74, 6) is 0.921. The molecule has 202 valence electrons. The molecule has 0 aliphatic carbocycles. The van der Waals surface area contributed by atoms with Crippen LogP contribution in [0, 0.1) is 6.92 Å². The van der Waals surface area contributed by atoms with E-state index >= 15 is 0 Å². The van der Waals surface area contributed by atoms with Gasteiger partial charge in [-0.05, 0) is 66.9 Å². The minimum Gasteiger partial charge on any atom is -0.493 e. The number of ether oxygens (including phenoxy) is 3. The van der Waals surface area contributed by atoms with E-state index in [-0.39, 0.29) is 11.9 Å². The topological polar surface area (TPSA) is 104 Å². The van der Waals surface area contributed by atoms with Crippen molar-refractivity contribution in [2.75, 3.05) is 26.1 Å². The number of nitrogens with one attached hydrogen (secondary N) is 2. The van der Waals surface area contributed by atoms with Crippen LogP contribution in [0.1, 0.15) is 25.8 Å². The number of esters is 1. The van der Waals surface area contributed by atoms with Crippen molar-refractivity contribution in [3.8, 4) is 45.5 Å². The third kappa shape index (κ3) is 6.20. The van der Waals surface area contributed by atoms with Crippen molar-refractivity contribution in [3.63, 3.8) is 0 Å². The average Bonchev–Trinajstić information content (AvgIpc) is 3.30. The summed E-state index contributed by atoms with van der Waals surface area (Å²) in [4.78, 5) is 24.4. The first kappa shape index (κ1) is 27.3. The van der Waals surface area contributed by atoms with E-state index in [0.29, 0.717) is 35.0 Å². The third-order valence-electron chi connectivity index (χ3n) is 5.95. The molecule has 4 rings (SSSR count). The lowest BCUT2D eigenvalue weighted by Gasteiger charge is -2.12. The number of urea groups is 1. The monoisotopic (exact) mass is 528 g/mol. The van der Waals surface area contributed by atoms with Crippen molar-refractivity contribution in [3.05, 3.63) is 72.3 Å². The van der Waals surface area contributed by atoms with E-state index in [0.717, 1.165) is 28.8 Å². The number of aryl methyl sites for hydroxylation is 1. The highest BCUT2D eigenvalue weighted by atomic mass is 16.5. The van der Waals surface area contributed by atoms with E-state index < -0.39 is 5.97 Å². The van der Waals surface area contributed by atoms with Crippen LogP contribution in [0.5, 0.6) is 17.4 Å². The lowest BCUT2D eigenvalue weighted by atomic mass is 10.0. The second kappa shape index (κ2) is 12.2. The number of benzene rings is 3. The molecule has 0 saturated heterocycles. The van der Waals surface area contributed by atoms with Crippen LogP contribution in [0.15, 0.2) is 66.7 Å². The molecule has 2 amide bonds. The van der Waals surface area contributed by atoms with Gasteiger partial charge < -0.3 is 24.8 Å². The summed E-state index contributed by atoms with van der Waals surface area (Å²) in [7, 11) is 3.15. The Balaban J connectivity index is 1.90. The molecule has 0 bridgehead atoms. The normalized spacial score (nSPS) is 10.6. The van der Waals surface area contributed by atoms with Crippen molar-refractivity contribution >= 4 is 17.7 Å². The highest BCUT2D eigenvalue weighted by Crippen LogP contribution is 2.43. The van der Waals surface area contributed by atoms with E-state index in [2.05, 4.69) is 10.6 Å². The first-order valence-electron chi connectivity index (χ1n) is 12.6. The molecule has 3 aromatic carbocycles. The maximum atomic E-state index is 12.3. The van der Waals surface area contributed by atoms with Crippen molar-refractivity contribution in [2.45, 2.75) is 27.2 Å². The van der Waals surface area contributed by atoms with Crippen molar-refractivity contribution < 1.29 is 23.8 Å².